The Morgan fingerprint density at radius 3 is 2.30 bits per heavy atom. The largest absolute Gasteiger partial charge is 0.481 e. The highest BCUT2D eigenvalue weighted by atomic mass is 35.5. The fourth-order valence-corrected chi connectivity index (χ4v) is 8.71. The molecule has 3 N–H and O–H groups in total. The summed E-state index contributed by atoms with van der Waals surface area (Å²) < 4.78 is 14.9. The predicted molar refractivity (Wildman–Crippen MR) is 164 cm³/mol. The summed E-state index contributed by atoms with van der Waals surface area (Å²) in [6.07, 6.45) is 8.65. The van der Waals surface area contributed by atoms with Crippen molar-refractivity contribution < 1.29 is 23.9 Å². The van der Waals surface area contributed by atoms with Crippen LogP contribution in [0.4, 0.5) is 10.1 Å². The summed E-state index contributed by atoms with van der Waals surface area (Å²) in [4.78, 5) is 41.2. The summed E-state index contributed by atoms with van der Waals surface area (Å²) in [7, 11) is 2.03. The number of likely N-dealkylation sites (N-methyl/N-ethyl adjacent to an activating group) is 1. The zero-order valence-electron chi connectivity index (χ0n) is 24.8. The van der Waals surface area contributed by atoms with Crippen LogP contribution in [0, 0.1) is 22.6 Å². The van der Waals surface area contributed by atoms with Crippen LogP contribution in [0.1, 0.15) is 76.7 Å². The van der Waals surface area contributed by atoms with Crippen LogP contribution in [0.25, 0.3) is 0 Å². The minimum atomic E-state index is -0.656. The zero-order chi connectivity index (χ0) is 31.2. The minimum absolute atomic E-state index is 0.0834. The molecule has 2 amide bonds. The number of anilines is 1. The fourth-order valence-electron chi connectivity index (χ4n) is 8.35. The van der Waals surface area contributed by atoms with E-state index in [-0.39, 0.29) is 33.3 Å². The molecular weight excluding hydrogens is 594 g/mol. The monoisotopic (exact) mass is 632 g/mol. The number of hydrogen-bond donors (Lipinski definition) is 3. The van der Waals surface area contributed by atoms with E-state index >= 15 is 0 Å². The number of aromatic nitrogens is 1. The Hall–Kier alpha value is -2.75. The molecule has 1 aromatic carbocycles. The first-order valence-electron chi connectivity index (χ1n) is 14.8. The maximum absolute atomic E-state index is 14.9. The lowest BCUT2D eigenvalue weighted by Gasteiger charge is -2.57. The maximum Gasteiger partial charge on any atom is 0.309 e. The van der Waals surface area contributed by atoms with E-state index in [0.717, 1.165) is 38.5 Å². The van der Waals surface area contributed by atoms with Crippen LogP contribution < -0.4 is 10.6 Å². The van der Waals surface area contributed by atoms with Gasteiger partial charge in [-0.05, 0) is 87.6 Å². The highest BCUT2D eigenvalue weighted by Gasteiger charge is 2.64. The molecule has 4 saturated carbocycles. The highest BCUT2D eigenvalue weighted by Crippen LogP contribution is 2.61. The number of pyridine rings is 1. The SMILES string of the molecule is CN1CC(c2cccc(Cl)c2F)C(C(=O)Nc2ccnc(Cl)c2)C12CC(C)(C)C2.O=CNC12CCC(C(=O)O)(CC1)CC2. The Morgan fingerprint density at radius 1 is 1.09 bits per heavy atom. The van der Waals surface area contributed by atoms with Gasteiger partial charge in [0.1, 0.15) is 11.0 Å². The quantitative estimate of drug-likeness (QED) is 0.255. The molecule has 1 aromatic heterocycles. The Morgan fingerprint density at radius 2 is 1.74 bits per heavy atom. The average Bonchev–Trinajstić information content (AvgIpc) is 3.22. The van der Waals surface area contributed by atoms with Crippen molar-refractivity contribution in [3.05, 3.63) is 58.1 Å². The van der Waals surface area contributed by atoms with Crippen molar-refractivity contribution in [3.8, 4) is 0 Å². The molecule has 5 fully saturated rings. The molecule has 8 nitrogen and oxygen atoms in total. The molecule has 0 radical (unpaired) electrons. The highest BCUT2D eigenvalue weighted by molar-refractivity contribution is 6.30. The first kappa shape index (κ1) is 31.7. The number of fused-ring (bicyclic) bond motifs is 3. The van der Waals surface area contributed by atoms with Crippen LogP contribution in [-0.4, -0.2) is 57.9 Å². The lowest BCUT2D eigenvalue weighted by molar-refractivity contribution is -0.156. The van der Waals surface area contributed by atoms with E-state index in [1.54, 1.807) is 30.5 Å². The summed E-state index contributed by atoms with van der Waals surface area (Å²) in [6.45, 7) is 5.01. The molecule has 2 bridgehead atoms. The van der Waals surface area contributed by atoms with Crippen LogP contribution in [0.5, 0.6) is 0 Å². The van der Waals surface area contributed by atoms with Gasteiger partial charge in [0, 0.05) is 35.4 Å². The van der Waals surface area contributed by atoms with Crippen molar-refractivity contribution in [2.24, 2.45) is 16.7 Å². The van der Waals surface area contributed by atoms with Crippen molar-refractivity contribution in [1.29, 1.82) is 0 Å². The van der Waals surface area contributed by atoms with E-state index in [4.69, 9.17) is 28.3 Å². The van der Waals surface area contributed by atoms with Crippen LogP contribution in [-0.2, 0) is 14.4 Å². The maximum atomic E-state index is 14.9. The Bertz CT molecular complexity index is 1390. The van der Waals surface area contributed by atoms with Crippen LogP contribution in [0.15, 0.2) is 36.5 Å². The average molecular weight is 634 g/mol. The first-order valence-corrected chi connectivity index (χ1v) is 15.5. The summed E-state index contributed by atoms with van der Waals surface area (Å²) in [6, 6.07) is 8.34. The molecule has 2 atom stereocenters. The number of halogens is 3. The van der Waals surface area contributed by atoms with Crippen molar-refractivity contribution >= 4 is 47.2 Å². The van der Waals surface area contributed by atoms with Gasteiger partial charge in [0.05, 0.1) is 16.4 Å². The third kappa shape index (κ3) is 5.88. The van der Waals surface area contributed by atoms with Crippen LogP contribution >= 0.6 is 23.2 Å². The van der Waals surface area contributed by atoms with E-state index in [1.807, 2.05) is 7.05 Å². The second-order valence-corrected chi connectivity index (χ2v) is 14.5. The molecule has 2 heterocycles. The van der Waals surface area contributed by atoms with Gasteiger partial charge >= 0.3 is 5.97 Å². The van der Waals surface area contributed by atoms with Gasteiger partial charge in [-0.1, -0.05) is 49.2 Å². The fraction of sp³-hybridized carbons (Fsp3) is 0.562. The number of carbonyl (C=O) groups is 3. The summed E-state index contributed by atoms with van der Waals surface area (Å²) in [5.41, 5.74) is 0.367. The van der Waals surface area contributed by atoms with Gasteiger partial charge in [-0.3, -0.25) is 19.3 Å². The molecule has 1 saturated heterocycles. The number of carboxylic acids is 1. The zero-order valence-corrected chi connectivity index (χ0v) is 26.3. The number of rotatable bonds is 6. The lowest BCUT2D eigenvalue weighted by atomic mass is 9.53. The number of hydrogen-bond acceptors (Lipinski definition) is 5. The van der Waals surface area contributed by atoms with Crippen molar-refractivity contribution in [2.45, 2.75) is 82.2 Å². The third-order valence-corrected chi connectivity index (χ3v) is 11.0. The van der Waals surface area contributed by atoms with E-state index in [2.05, 4.69) is 34.4 Å². The smallest absolute Gasteiger partial charge is 0.309 e. The lowest BCUT2D eigenvalue weighted by Crippen LogP contribution is -2.61. The van der Waals surface area contributed by atoms with E-state index < -0.39 is 23.1 Å². The van der Waals surface area contributed by atoms with Gasteiger partial charge < -0.3 is 15.7 Å². The number of amides is 2. The van der Waals surface area contributed by atoms with Crippen molar-refractivity contribution in [2.75, 3.05) is 18.9 Å². The number of carbonyl (C=O) groups excluding carboxylic acids is 2. The molecule has 1 aliphatic heterocycles. The summed E-state index contributed by atoms with van der Waals surface area (Å²) >= 11 is 12.0. The molecule has 1 spiro atoms. The van der Waals surface area contributed by atoms with Gasteiger partial charge in [-0.25, -0.2) is 9.37 Å². The number of aliphatic carboxylic acids is 1. The van der Waals surface area contributed by atoms with Gasteiger partial charge in [0.15, 0.2) is 0 Å². The van der Waals surface area contributed by atoms with Crippen LogP contribution in [0.2, 0.25) is 10.2 Å². The molecule has 4 aliphatic carbocycles. The topological polar surface area (TPSA) is 112 Å². The van der Waals surface area contributed by atoms with E-state index in [9.17, 15) is 18.8 Å². The van der Waals surface area contributed by atoms with Crippen molar-refractivity contribution in [1.82, 2.24) is 15.2 Å². The van der Waals surface area contributed by atoms with Gasteiger partial charge in [-0.15, -0.1) is 0 Å². The normalized spacial score (nSPS) is 30.1. The predicted octanol–water partition coefficient (Wildman–Crippen LogP) is 6.28. The number of carboxylic acid groups (broad SMARTS) is 1. The number of benzene rings is 1. The number of nitrogens with one attached hydrogen (secondary N) is 2. The summed E-state index contributed by atoms with van der Waals surface area (Å²) in [5.74, 6) is -1.91. The van der Waals surface area contributed by atoms with E-state index in [0.29, 0.717) is 42.2 Å². The number of likely N-dealkylation sites (tertiary alicyclic amines) is 1. The number of nitrogens with zero attached hydrogens (tertiary/aromatic N) is 2. The van der Waals surface area contributed by atoms with E-state index in [1.165, 1.54) is 6.07 Å². The van der Waals surface area contributed by atoms with Gasteiger partial charge in [-0.2, -0.15) is 0 Å². The van der Waals surface area contributed by atoms with Crippen molar-refractivity contribution in [3.63, 3.8) is 0 Å². The summed E-state index contributed by atoms with van der Waals surface area (Å²) in [5, 5.41) is 15.4. The van der Waals surface area contributed by atoms with Gasteiger partial charge in [0.2, 0.25) is 12.3 Å². The Balaban J connectivity index is 0.000000220. The van der Waals surface area contributed by atoms with Crippen LogP contribution in [0.3, 0.4) is 0 Å². The second-order valence-electron chi connectivity index (χ2n) is 13.7. The van der Waals surface area contributed by atoms with Gasteiger partial charge in [0.25, 0.3) is 0 Å². The first-order chi connectivity index (χ1) is 20.3. The standard InChI is InChI=1S/C22H24Cl2FN3O.C10H15NO3/c1-21(2)11-22(12-21)18(20(29)27-13-7-8-26-17(24)9-13)15(10-28(22)3)14-5-4-6-16(23)19(14)25;12-7-11-10-4-1-9(2-5-10,3-6-10)8(13)14/h4-9,15,18H,10-12H2,1-3H3,(H,26,27,29);7H,1-6H2,(H,11,12)(H,13,14). The molecule has 2 unspecified atom stereocenters. The molecule has 7 rings (SSSR count). The third-order valence-electron chi connectivity index (χ3n) is 10.5. The molecular formula is C32H39Cl2FN4O4. The minimum Gasteiger partial charge on any atom is -0.481 e. The second kappa shape index (κ2) is 11.6. The Kier molecular flexibility index (Phi) is 8.57. The molecule has 5 aliphatic rings. The molecule has 11 heteroatoms. The molecule has 43 heavy (non-hydrogen) atoms. The Labute approximate surface area is 261 Å². The molecule has 232 valence electrons. The molecule has 2 aromatic rings.